The molecule has 9 rings (SSSR count). The van der Waals surface area contributed by atoms with Crippen LogP contribution in [0.25, 0.3) is 54.4 Å². The molecule has 0 amide bonds. The monoisotopic (exact) mass is 552 g/mol. The van der Waals surface area contributed by atoms with E-state index in [4.69, 9.17) is 14.4 Å². The highest BCUT2D eigenvalue weighted by atomic mass is 16.3. The Balaban J connectivity index is 1.31. The van der Waals surface area contributed by atoms with Crippen molar-refractivity contribution < 1.29 is 4.42 Å². The summed E-state index contributed by atoms with van der Waals surface area (Å²) in [7, 11) is 0. The van der Waals surface area contributed by atoms with Gasteiger partial charge in [0.15, 0.2) is 6.17 Å². The number of benzene rings is 6. The predicted molar refractivity (Wildman–Crippen MR) is 176 cm³/mol. The molecule has 0 radical (unpaired) electrons. The number of nitrogens with zero attached hydrogens (tertiary/aromatic N) is 3. The lowest BCUT2D eigenvalue weighted by atomic mass is 9.93. The zero-order chi connectivity index (χ0) is 28.3. The fourth-order valence-corrected chi connectivity index (χ4v) is 6.41. The minimum atomic E-state index is -0.416. The maximum Gasteiger partial charge on any atom is 0.227 e. The highest BCUT2D eigenvalue weighted by Crippen LogP contribution is 2.36. The minimum absolute atomic E-state index is 0.416. The maximum absolute atomic E-state index is 6.13. The third-order valence-corrected chi connectivity index (χ3v) is 8.39. The first-order chi connectivity index (χ1) is 21.3. The molecule has 0 bridgehead atoms. The second-order valence-corrected chi connectivity index (χ2v) is 10.9. The van der Waals surface area contributed by atoms with Gasteiger partial charge in [-0.3, -0.25) is 0 Å². The minimum Gasteiger partial charge on any atom is -0.438 e. The zero-order valence-electron chi connectivity index (χ0n) is 23.0. The smallest absolute Gasteiger partial charge is 0.227 e. The molecular formula is C38H24N4O. The Labute approximate surface area is 246 Å². The summed E-state index contributed by atoms with van der Waals surface area (Å²) in [6.45, 7) is 0. The van der Waals surface area contributed by atoms with E-state index < -0.39 is 6.17 Å². The van der Waals surface area contributed by atoms with E-state index in [0.717, 1.165) is 50.1 Å². The van der Waals surface area contributed by atoms with E-state index in [9.17, 15) is 0 Å². The van der Waals surface area contributed by atoms with Crippen molar-refractivity contribution in [3.05, 3.63) is 150 Å². The number of aliphatic imine (C=N–C) groups is 2. The van der Waals surface area contributed by atoms with Crippen LogP contribution in [0.4, 0.5) is 0 Å². The van der Waals surface area contributed by atoms with Gasteiger partial charge in [-0.2, -0.15) is 0 Å². The van der Waals surface area contributed by atoms with Gasteiger partial charge >= 0.3 is 0 Å². The van der Waals surface area contributed by atoms with Gasteiger partial charge in [0, 0.05) is 28.1 Å². The Hall–Kier alpha value is -5.81. The van der Waals surface area contributed by atoms with Crippen molar-refractivity contribution in [2.45, 2.75) is 6.17 Å². The molecule has 1 unspecified atom stereocenters. The van der Waals surface area contributed by atoms with Gasteiger partial charge in [0.25, 0.3) is 0 Å². The number of hydrogen-bond acceptors (Lipinski definition) is 5. The first-order valence-electron chi connectivity index (χ1n) is 14.4. The summed E-state index contributed by atoms with van der Waals surface area (Å²) >= 11 is 0. The predicted octanol–water partition coefficient (Wildman–Crippen LogP) is 8.94. The first-order valence-corrected chi connectivity index (χ1v) is 14.4. The molecule has 2 aromatic heterocycles. The standard InChI is InChI=1S/C38H24N4O/c1-2-11-24(12-3-1)35-40-36(29-16-8-18-33-34(29)30-17-9-21-39-38(30)43-33)42-37(41-35)32-22-31-25-13-5-4-10-23(25)19-20-28(31)26-14-6-7-15-27(26)32/h1-22,35H,(H,40,41,42). The van der Waals surface area contributed by atoms with Gasteiger partial charge in [-0.15, -0.1) is 0 Å². The van der Waals surface area contributed by atoms with E-state index in [2.05, 4.69) is 95.2 Å². The Kier molecular flexibility index (Phi) is 5.19. The second-order valence-electron chi connectivity index (χ2n) is 10.9. The largest absolute Gasteiger partial charge is 0.438 e. The van der Waals surface area contributed by atoms with Crippen LogP contribution in [0.2, 0.25) is 0 Å². The highest BCUT2D eigenvalue weighted by Gasteiger charge is 2.25. The van der Waals surface area contributed by atoms with Gasteiger partial charge < -0.3 is 9.73 Å². The Morgan fingerprint density at radius 3 is 2.14 bits per heavy atom. The summed E-state index contributed by atoms with van der Waals surface area (Å²) in [6, 6.07) is 44.2. The molecule has 1 aliphatic heterocycles. The molecule has 0 saturated heterocycles. The van der Waals surface area contributed by atoms with Crippen molar-refractivity contribution in [3.63, 3.8) is 0 Å². The third kappa shape index (κ3) is 3.75. The lowest BCUT2D eigenvalue weighted by Gasteiger charge is -2.24. The molecule has 1 atom stereocenters. The van der Waals surface area contributed by atoms with Gasteiger partial charge in [-0.05, 0) is 62.1 Å². The van der Waals surface area contributed by atoms with Crippen LogP contribution in [0.3, 0.4) is 0 Å². The SMILES string of the molecule is c1ccc(C2N=C(c3cc4c5ccccc5ccc4c4ccccc34)NC(c3cccc4oc5ncccc5c34)=N2)cc1. The summed E-state index contributed by atoms with van der Waals surface area (Å²) < 4.78 is 6.13. The molecule has 1 aliphatic rings. The van der Waals surface area contributed by atoms with Crippen molar-refractivity contribution in [1.29, 1.82) is 0 Å². The summed E-state index contributed by atoms with van der Waals surface area (Å²) in [4.78, 5) is 14.9. The summed E-state index contributed by atoms with van der Waals surface area (Å²) in [5.41, 5.74) is 4.41. The number of amidine groups is 2. The van der Waals surface area contributed by atoms with E-state index in [0.29, 0.717) is 5.71 Å². The fourth-order valence-electron chi connectivity index (χ4n) is 6.41. The van der Waals surface area contributed by atoms with E-state index in [1.165, 1.54) is 26.9 Å². The average Bonchev–Trinajstić information content (AvgIpc) is 3.47. The van der Waals surface area contributed by atoms with Gasteiger partial charge in [-0.1, -0.05) is 103 Å². The maximum atomic E-state index is 6.13. The van der Waals surface area contributed by atoms with Gasteiger partial charge in [0.2, 0.25) is 5.71 Å². The summed E-state index contributed by atoms with van der Waals surface area (Å²) in [5, 5.41) is 12.8. The second kappa shape index (κ2) is 9.36. The fraction of sp³-hybridized carbons (Fsp3) is 0.0263. The number of nitrogens with one attached hydrogen (secondary N) is 1. The number of rotatable bonds is 3. The van der Waals surface area contributed by atoms with Crippen LogP contribution >= 0.6 is 0 Å². The lowest BCUT2D eigenvalue weighted by Crippen LogP contribution is -2.36. The topological polar surface area (TPSA) is 62.8 Å². The Morgan fingerprint density at radius 1 is 0.535 bits per heavy atom. The van der Waals surface area contributed by atoms with Crippen LogP contribution in [0.5, 0.6) is 0 Å². The quantitative estimate of drug-likeness (QED) is 0.223. The molecule has 43 heavy (non-hydrogen) atoms. The molecule has 202 valence electrons. The van der Waals surface area contributed by atoms with E-state index in [1.807, 2.05) is 42.5 Å². The number of fused-ring (bicyclic) bond motifs is 8. The molecule has 1 N–H and O–H groups in total. The Bertz CT molecular complexity index is 2440. The van der Waals surface area contributed by atoms with E-state index >= 15 is 0 Å². The van der Waals surface area contributed by atoms with Crippen molar-refractivity contribution in [2.75, 3.05) is 0 Å². The molecule has 0 spiro atoms. The van der Waals surface area contributed by atoms with Crippen LogP contribution in [0, 0.1) is 0 Å². The highest BCUT2D eigenvalue weighted by molar-refractivity contribution is 6.28. The normalized spacial score (nSPS) is 15.2. The van der Waals surface area contributed by atoms with Gasteiger partial charge in [0.05, 0.1) is 0 Å². The molecule has 0 fully saturated rings. The number of aromatic nitrogens is 1. The number of hydrogen-bond donors (Lipinski definition) is 1. The van der Waals surface area contributed by atoms with Crippen LogP contribution in [0.15, 0.2) is 148 Å². The van der Waals surface area contributed by atoms with Crippen LogP contribution < -0.4 is 5.32 Å². The van der Waals surface area contributed by atoms with Crippen molar-refractivity contribution >= 4 is 66.1 Å². The van der Waals surface area contributed by atoms with Crippen molar-refractivity contribution in [3.8, 4) is 0 Å². The molecular weight excluding hydrogens is 528 g/mol. The Morgan fingerprint density at radius 2 is 1.26 bits per heavy atom. The molecule has 8 aromatic rings. The van der Waals surface area contributed by atoms with E-state index in [1.54, 1.807) is 6.20 Å². The summed E-state index contributed by atoms with van der Waals surface area (Å²) in [5.74, 6) is 1.53. The molecule has 0 aliphatic carbocycles. The lowest BCUT2D eigenvalue weighted by molar-refractivity contribution is 0.654. The van der Waals surface area contributed by atoms with Gasteiger partial charge in [0.1, 0.15) is 17.3 Å². The van der Waals surface area contributed by atoms with Crippen LogP contribution in [-0.4, -0.2) is 16.7 Å². The van der Waals surface area contributed by atoms with Crippen LogP contribution in [-0.2, 0) is 0 Å². The van der Waals surface area contributed by atoms with Crippen molar-refractivity contribution in [1.82, 2.24) is 10.3 Å². The average molecular weight is 553 g/mol. The van der Waals surface area contributed by atoms with E-state index in [-0.39, 0.29) is 0 Å². The van der Waals surface area contributed by atoms with Gasteiger partial charge in [-0.25, -0.2) is 15.0 Å². The third-order valence-electron chi connectivity index (χ3n) is 8.39. The number of furan rings is 1. The van der Waals surface area contributed by atoms with Crippen LogP contribution in [0.1, 0.15) is 22.9 Å². The molecule has 5 nitrogen and oxygen atoms in total. The summed E-state index contributed by atoms with van der Waals surface area (Å²) in [6.07, 6.45) is 1.34. The molecule has 5 heteroatoms. The van der Waals surface area contributed by atoms with Crippen molar-refractivity contribution in [2.24, 2.45) is 9.98 Å². The molecule has 6 aromatic carbocycles. The first kappa shape index (κ1) is 23.9. The molecule has 0 saturated carbocycles. The zero-order valence-corrected chi connectivity index (χ0v) is 23.0. The number of pyridine rings is 1. The molecule has 3 heterocycles.